The van der Waals surface area contributed by atoms with Crippen molar-refractivity contribution < 1.29 is 14.3 Å². The first-order valence-electron chi connectivity index (χ1n) is 4.28. The van der Waals surface area contributed by atoms with E-state index in [1.165, 1.54) is 6.39 Å². The van der Waals surface area contributed by atoms with Crippen LogP contribution in [0.3, 0.4) is 0 Å². The van der Waals surface area contributed by atoms with Gasteiger partial charge in [-0.05, 0) is 24.3 Å². The molecule has 1 heterocycles. The monoisotopic (exact) mass is 208 g/mol. The molecule has 0 aliphatic rings. The maximum Gasteiger partial charge on any atom is 0.213 e. The SMILES string of the molecule is COc1ccc(O)cc1.Cc1nnco1. The van der Waals surface area contributed by atoms with Crippen LogP contribution in [0, 0.1) is 6.92 Å². The Kier molecular flexibility index (Phi) is 4.15. The van der Waals surface area contributed by atoms with E-state index >= 15 is 0 Å². The number of hydrogen-bond acceptors (Lipinski definition) is 5. The van der Waals surface area contributed by atoms with Crippen molar-refractivity contribution in [3.63, 3.8) is 0 Å². The zero-order chi connectivity index (χ0) is 11.1. The average molecular weight is 208 g/mol. The number of phenols is 1. The Hall–Kier alpha value is -2.04. The summed E-state index contributed by atoms with van der Waals surface area (Å²) in [5.41, 5.74) is 0. The number of aromatic nitrogens is 2. The van der Waals surface area contributed by atoms with Gasteiger partial charge < -0.3 is 14.3 Å². The third-order valence-corrected chi connectivity index (χ3v) is 1.54. The van der Waals surface area contributed by atoms with Gasteiger partial charge in [-0.15, -0.1) is 10.2 Å². The quantitative estimate of drug-likeness (QED) is 0.773. The number of nitrogens with zero attached hydrogens (tertiary/aromatic N) is 2. The van der Waals surface area contributed by atoms with Crippen LogP contribution in [0.25, 0.3) is 0 Å². The largest absolute Gasteiger partial charge is 0.508 e. The van der Waals surface area contributed by atoms with Crippen molar-refractivity contribution >= 4 is 0 Å². The van der Waals surface area contributed by atoms with Crippen molar-refractivity contribution in [1.29, 1.82) is 0 Å². The molecule has 0 bridgehead atoms. The third-order valence-electron chi connectivity index (χ3n) is 1.54. The third kappa shape index (κ3) is 4.12. The summed E-state index contributed by atoms with van der Waals surface area (Å²) in [5.74, 6) is 1.62. The molecular formula is C10H12N2O3. The van der Waals surface area contributed by atoms with Gasteiger partial charge in [0, 0.05) is 6.92 Å². The Balaban J connectivity index is 0.000000162. The Morgan fingerprint density at radius 1 is 1.27 bits per heavy atom. The highest BCUT2D eigenvalue weighted by Gasteiger charge is 1.87. The van der Waals surface area contributed by atoms with E-state index in [4.69, 9.17) is 9.84 Å². The molecule has 1 aromatic heterocycles. The molecule has 0 aliphatic heterocycles. The Morgan fingerprint density at radius 2 is 1.93 bits per heavy atom. The molecule has 0 radical (unpaired) electrons. The molecular weight excluding hydrogens is 196 g/mol. The molecule has 0 saturated heterocycles. The lowest BCUT2D eigenvalue weighted by Gasteiger charge is -1.96. The number of aromatic hydroxyl groups is 1. The highest BCUT2D eigenvalue weighted by molar-refractivity contribution is 5.29. The predicted molar refractivity (Wildman–Crippen MR) is 53.7 cm³/mol. The van der Waals surface area contributed by atoms with Gasteiger partial charge in [0.25, 0.3) is 0 Å². The van der Waals surface area contributed by atoms with Crippen molar-refractivity contribution in [3.8, 4) is 11.5 Å². The highest BCUT2D eigenvalue weighted by Crippen LogP contribution is 2.14. The fourth-order valence-corrected chi connectivity index (χ4v) is 0.811. The summed E-state index contributed by atoms with van der Waals surface area (Å²) in [4.78, 5) is 0. The van der Waals surface area contributed by atoms with Gasteiger partial charge >= 0.3 is 0 Å². The Morgan fingerprint density at radius 3 is 2.27 bits per heavy atom. The van der Waals surface area contributed by atoms with Gasteiger partial charge in [-0.25, -0.2) is 0 Å². The van der Waals surface area contributed by atoms with Gasteiger partial charge in [-0.1, -0.05) is 0 Å². The van der Waals surface area contributed by atoms with Crippen LogP contribution in [0.5, 0.6) is 11.5 Å². The molecule has 5 heteroatoms. The van der Waals surface area contributed by atoms with Gasteiger partial charge in [0.05, 0.1) is 7.11 Å². The molecule has 0 fully saturated rings. The molecule has 80 valence electrons. The molecule has 0 aliphatic carbocycles. The zero-order valence-electron chi connectivity index (χ0n) is 8.54. The Bertz CT molecular complexity index is 370. The predicted octanol–water partition coefficient (Wildman–Crippen LogP) is 1.78. The molecule has 0 spiro atoms. The summed E-state index contributed by atoms with van der Waals surface area (Å²) in [5, 5.41) is 15.7. The van der Waals surface area contributed by atoms with Crippen molar-refractivity contribution in [2.75, 3.05) is 7.11 Å². The lowest BCUT2D eigenvalue weighted by molar-refractivity contribution is 0.412. The van der Waals surface area contributed by atoms with Crippen LogP contribution in [0.2, 0.25) is 0 Å². The lowest BCUT2D eigenvalue weighted by Crippen LogP contribution is -1.79. The van der Waals surface area contributed by atoms with E-state index < -0.39 is 0 Å². The molecule has 5 nitrogen and oxygen atoms in total. The maximum absolute atomic E-state index is 8.80. The van der Waals surface area contributed by atoms with Gasteiger partial charge in [-0.2, -0.15) is 0 Å². The van der Waals surface area contributed by atoms with Crippen molar-refractivity contribution in [2.24, 2.45) is 0 Å². The molecule has 1 aromatic carbocycles. The molecule has 0 atom stereocenters. The van der Waals surface area contributed by atoms with E-state index in [1.807, 2.05) is 0 Å². The van der Waals surface area contributed by atoms with Crippen LogP contribution in [0.15, 0.2) is 35.1 Å². The number of methoxy groups -OCH3 is 1. The lowest BCUT2D eigenvalue weighted by atomic mass is 10.3. The topological polar surface area (TPSA) is 68.4 Å². The number of hydrogen-bond donors (Lipinski definition) is 1. The van der Waals surface area contributed by atoms with Gasteiger partial charge in [0.15, 0.2) is 0 Å². The Labute approximate surface area is 87.3 Å². The minimum absolute atomic E-state index is 0.260. The summed E-state index contributed by atoms with van der Waals surface area (Å²) in [6.45, 7) is 1.74. The van der Waals surface area contributed by atoms with E-state index in [0.29, 0.717) is 5.89 Å². The van der Waals surface area contributed by atoms with Gasteiger partial charge in [0.2, 0.25) is 12.3 Å². The number of phenolic OH excluding ortho intramolecular Hbond substituents is 1. The van der Waals surface area contributed by atoms with Gasteiger partial charge in [-0.3, -0.25) is 0 Å². The van der Waals surface area contributed by atoms with Crippen LogP contribution in [0.1, 0.15) is 5.89 Å². The highest BCUT2D eigenvalue weighted by atomic mass is 16.5. The minimum atomic E-state index is 0.260. The number of ether oxygens (including phenoxy) is 1. The van der Waals surface area contributed by atoms with Crippen LogP contribution in [-0.4, -0.2) is 22.4 Å². The molecule has 2 rings (SSSR count). The van der Waals surface area contributed by atoms with E-state index in [9.17, 15) is 0 Å². The molecule has 0 unspecified atom stereocenters. The second-order valence-electron chi connectivity index (χ2n) is 2.66. The van der Waals surface area contributed by atoms with E-state index in [2.05, 4.69) is 14.6 Å². The fraction of sp³-hybridized carbons (Fsp3) is 0.200. The molecule has 15 heavy (non-hydrogen) atoms. The molecule has 2 aromatic rings. The van der Waals surface area contributed by atoms with Crippen LogP contribution in [-0.2, 0) is 0 Å². The van der Waals surface area contributed by atoms with Gasteiger partial charge in [0.1, 0.15) is 11.5 Å². The first-order valence-corrected chi connectivity index (χ1v) is 4.28. The first kappa shape index (κ1) is 11.0. The van der Waals surface area contributed by atoms with E-state index in [1.54, 1.807) is 38.3 Å². The number of rotatable bonds is 1. The van der Waals surface area contributed by atoms with Crippen molar-refractivity contribution in [1.82, 2.24) is 10.2 Å². The molecule has 0 saturated carbocycles. The second-order valence-corrected chi connectivity index (χ2v) is 2.66. The normalized spacial score (nSPS) is 8.93. The zero-order valence-corrected chi connectivity index (χ0v) is 8.54. The summed E-state index contributed by atoms with van der Waals surface area (Å²) < 4.78 is 9.47. The number of benzene rings is 1. The summed E-state index contributed by atoms with van der Waals surface area (Å²) >= 11 is 0. The minimum Gasteiger partial charge on any atom is -0.508 e. The van der Waals surface area contributed by atoms with Crippen LogP contribution >= 0.6 is 0 Å². The average Bonchev–Trinajstić information content (AvgIpc) is 2.71. The summed E-state index contributed by atoms with van der Waals surface area (Å²) in [7, 11) is 1.59. The van der Waals surface area contributed by atoms with Crippen LogP contribution < -0.4 is 4.74 Å². The van der Waals surface area contributed by atoms with Crippen LogP contribution in [0.4, 0.5) is 0 Å². The second kappa shape index (κ2) is 5.64. The van der Waals surface area contributed by atoms with Crippen molar-refractivity contribution in [3.05, 3.63) is 36.5 Å². The first-order chi connectivity index (χ1) is 7.22. The van der Waals surface area contributed by atoms with Crippen molar-refractivity contribution in [2.45, 2.75) is 6.92 Å². The number of aryl methyl sites for hydroxylation is 1. The summed E-state index contributed by atoms with van der Waals surface area (Å²) in [6, 6.07) is 6.57. The maximum atomic E-state index is 8.80. The molecule has 0 amide bonds. The standard InChI is InChI=1S/C7H8O2.C3H4N2O/c1-9-7-4-2-6(8)3-5-7;1-3-5-4-2-6-3/h2-5,8H,1H3;2H,1H3. The van der Waals surface area contributed by atoms with E-state index in [-0.39, 0.29) is 5.75 Å². The smallest absolute Gasteiger partial charge is 0.213 e. The molecule has 1 N–H and O–H groups in total. The fourth-order valence-electron chi connectivity index (χ4n) is 0.811. The summed E-state index contributed by atoms with van der Waals surface area (Å²) in [6.07, 6.45) is 1.30. The van der Waals surface area contributed by atoms with E-state index in [0.717, 1.165) is 5.75 Å².